The van der Waals surface area contributed by atoms with Crippen LogP contribution in [-0.4, -0.2) is 0 Å². The molecule has 4 heteroatoms. The molecule has 0 saturated heterocycles. The predicted molar refractivity (Wildman–Crippen MR) is 44.4 cm³/mol. The minimum absolute atomic E-state index is 0.141. The van der Waals surface area contributed by atoms with Gasteiger partial charge in [-0.2, -0.15) is 4.39 Å². The van der Waals surface area contributed by atoms with Gasteiger partial charge < -0.3 is 0 Å². The van der Waals surface area contributed by atoms with E-state index < -0.39 is 16.4 Å². The predicted octanol–water partition coefficient (Wildman–Crippen LogP) is 3.63. The zero-order chi connectivity index (χ0) is 9.14. The van der Waals surface area contributed by atoms with E-state index in [2.05, 4.69) is 15.9 Å². The van der Waals surface area contributed by atoms with Crippen molar-refractivity contribution in [1.82, 2.24) is 0 Å². The molecule has 1 aromatic rings. The molecule has 0 N–H and O–H groups in total. The van der Waals surface area contributed by atoms with Crippen LogP contribution in [0.1, 0.15) is 5.56 Å². The second-order valence-corrected chi connectivity index (χ2v) is 2.89. The molecule has 1 aromatic carbocycles. The molecule has 64 valence electrons. The third-order valence-electron chi connectivity index (χ3n) is 1.16. The van der Waals surface area contributed by atoms with Crippen molar-refractivity contribution in [3.8, 4) is 0 Å². The molecule has 0 radical (unpaired) electrons. The Labute approximate surface area is 75.8 Å². The molecule has 0 nitrogen and oxygen atoms in total. The first-order valence-corrected chi connectivity index (χ1v) is 3.86. The van der Waals surface area contributed by atoms with Gasteiger partial charge in [0.15, 0.2) is 4.74 Å². The molecular weight excluding hydrogens is 233 g/mol. The summed E-state index contributed by atoms with van der Waals surface area (Å²) in [5, 5.41) is 0. The lowest BCUT2D eigenvalue weighted by Gasteiger charge is -1.94. The van der Waals surface area contributed by atoms with E-state index >= 15 is 0 Å². The smallest absolute Gasteiger partial charge is 0.166 e. The Bertz CT molecular complexity index is 296. The molecule has 0 aliphatic rings. The van der Waals surface area contributed by atoms with Gasteiger partial charge in [-0.3, -0.25) is 0 Å². The van der Waals surface area contributed by atoms with Crippen molar-refractivity contribution < 1.29 is 13.2 Å². The molecule has 0 aliphatic carbocycles. The molecule has 0 aliphatic heterocycles. The number of halogens is 4. The molecule has 0 heterocycles. The molecule has 12 heavy (non-hydrogen) atoms. The van der Waals surface area contributed by atoms with E-state index in [0.29, 0.717) is 0 Å². The maximum absolute atomic E-state index is 12.5. The van der Waals surface area contributed by atoms with Crippen LogP contribution in [-0.2, 0) is 0 Å². The van der Waals surface area contributed by atoms with Crippen LogP contribution in [0.15, 0.2) is 22.9 Å². The third-order valence-corrected chi connectivity index (χ3v) is 1.39. The molecule has 0 saturated carbocycles. The second-order valence-electron chi connectivity index (χ2n) is 2.14. The second kappa shape index (κ2) is 3.76. The summed E-state index contributed by atoms with van der Waals surface area (Å²) in [5.74, 6) is -1.45. The van der Waals surface area contributed by atoms with E-state index in [4.69, 9.17) is 0 Å². The molecule has 0 atom stereocenters. The van der Waals surface area contributed by atoms with Gasteiger partial charge in [0.2, 0.25) is 0 Å². The third kappa shape index (κ3) is 2.70. The topological polar surface area (TPSA) is 0 Å². The van der Waals surface area contributed by atoms with Crippen LogP contribution in [0.25, 0.3) is 6.08 Å². The SMILES string of the molecule is F/C(Br)=C/c1cc(F)cc(F)c1. The van der Waals surface area contributed by atoms with E-state index in [1.54, 1.807) is 0 Å². The van der Waals surface area contributed by atoms with E-state index in [1.165, 1.54) is 0 Å². The van der Waals surface area contributed by atoms with Crippen LogP contribution in [0, 0.1) is 11.6 Å². The van der Waals surface area contributed by atoms with E-state index in [-0.39, 0.29) is 5.56 Å². The van der Waals surface area contributed by atoms with Crippen LogP contribution in [0.3, 0.4) is 0 Å². The van der Waals surface area contributed by atoms with Gasteiger partial charge in [-0.1, -0.05) is 0 Å². The van der Waals surface area contributed by atoms with Gasteiger partial charge in [-0.15, -0.1) is 0 Å². The lowest BCUT2D eigenvalue weighted by molar-refractivity contribution is 0.582. The minimum Gasteiger partial charge on any atom is -0.207 e. The summed E-state index contributed by atoms with van der Waals surface area (Å²) in [4.78, 5) is 0. The molecule has 0 amide bonds. The first kappa shape index (κ1) is 9.32. The molecular formula is C8H4BrF3. The van der Waals surface area contributed by atoms with Gasteiger partial charge >= 0.3 is 0 Å². The minimum atomic E-state index is -0.727. The number of hydrogen-bond donors (Lipinski definition) is 0. The maximum Gasteiger partial charge on any atom is 0.166 e. The van der Waals surface area contributed by atoms with Crippen LogP contribution in [0.2, 0.25) is 0 Å². The van der Waals surface area contributed by atoms with Crippen molar-refractivity contribution in [2.45, 2.75) is 0 Å². The largest absolute Gasteiger partial charge is 0.207 e. The molecule has 0 aromatic heterocycles. The zero-order valence-electron chi connectivity index (χ0n) is 5.82. The van der Waals surface area contributed by atoms with Crippen molar-refractivity contribution >= 4 is 22.0 Å². The first-order valence-electron chi connectivity index (χ1n) is 3.07. The van der Waals surface area contributed by atoms with E-state index in [0.717, 1.165) is 24.3 Å². The summed E-state index contributed by atoms with van der Waals surface area (Å²) in [7, 11) is 0. The van der Waals surface area contributed by atoms with Crippen molar-refractivity contribution in [2.75, 3.05) is 0 Å². The molecule has 0 bridgehead atoms. The van der Waals surface area contributed by atoms with Gasteiger partial charge in [0.1, 0.15) is 11.6 Å². The fourth-order valence-corrected chi connectivity index (χ4v) is 1.05. The number of rotatable bonds is 1. The lowest BCUT2D eigenvalue weighted by atomic mass is 10.2. The molecule has 0 fully saturated rings. The lowest BCUT2D eigenvalue weighted by Crippen LogP contribution is -1.81. The standard InChI is InChI=1S/C8H4BrF3/c9-8(12)3-5-1-6(10)4-7(11)2-5/h1-4H/b8-3+. The zero-order valence-corrected chi connectivity index (χ0v) is 7.41. The summed E-state index contributed by atoms with van der Waals surface area (Å²) in [6.07, 6.45) is 0.978. The highest BCUT2D eigenvalue weighted by Crippen LogP contribution is 2.15. The maximum atomic E-state index is 12.5. The van der Waals surface area contributed by atoms with Crippen molar-refractivity contribution in [1.29, 1.82) is 0 Å². The van der Waals surface area contributed by atoms with Gasteiger partial charge in [-0.05, 0) is 39.7 Å². The Kier molecular flexibility index (Phi) is 2.92. The summed E-state index contributed by atoms with van der Waals surface area (Å²) in [5.41, 5.74) is 0.141. The molecule has 0 spiro atoms. The normalized spacial score (nSPS) is 11.8. The number of hydrogen-bond acceptors (Lipinski definition) is 0. The van der Waals surface area contributed by atoms with Gasteiger partial charge in [0.05, 0.1) is 0 Å². The van der Waals surface area contributed by atoms with Crippen LogP contribution in [0.4, 0.5) is 13.2 Å². The van der Waals surface area contributed by atoms with Gasteiger partial charge in [0, 0.05) is 6.07 Å². The molecule has 1 rings (SSSR count). The highest BCUT2D eigenvalue weighted by Gasteiger charge is 1.98. The first-order chi connectivity index (χ1) is 5.58. The van der Waals surface area contributed by atoms with Crippen LogP contribution < -0.4 is 0 Å². The Hall–Kier alpha value is -0.770. The van der Waals surface area contributed by atoms with Crippen LogP contribution in [0.5, 0.6) is 0 Å². The Morgan fingerprint density at radius 3 is 2.08 bits per heavy atom. The van der Waals surface area contributed by atoms with Gasteiger partial charge in [-0.25, -0.2) is 8.78 Å². The highest BCUT2D eigenvalue weighted by atomic mass is 79.9. The average molecular weight is 237 g/mol. The van der Waals surface area contributed by atoms with E-state index in [1.807, 2.05) is 0 Å². The fourth-order valence-electron chi connectivity index (χ4n) is 0.784. The Morgan fingerprint density at radius 2 is 1.67 bits per heavy atom. The van der Waals surface area contributed by atoms with Gasteiger partial charge in [0.25, 0.3) is 0 Å². The summed E-state index contributed by atoms with van der Waals surface area (Å²) in [6, 6.07) is 2.79. The summed E-state index contributed by atoms with van der Waals surface area (Å²) >= 11 is 2.51. The average Bonchev–Trinajstić information content (AvgIpc) is 1.81. The van der Waals surface area contributed by atoms with Crippen molar-refractivity contribution in [2.24, 2.45) is 0 Å². The van der Waals surface area contributed by atoms with E-state index in [9.17, 15) is 13.2 Å². The Balaban J connectivity index is 3.09. The quantitative estimate of drug-likeness (QED) is 0.699. The fraction of sp³-hybridized carbons (Fsp3) is 0. The summed E-state index contributed by atoms with van der Waals surface area (Å²) in [6.45, 7) is 0. The van der Waals surface area contributed by atoms with Crippen molar-refractivity contribution in [3.63, 3.8) is 0 Å². The van der Waals surface area contributed by atoms with Crippen LogP contribution >= 0.6 is 15.9 Å². The van der Waals surface area contributed by atoms with Crippen molar-refractivity contribution in [3.05, 3.63) is 40.1 Å². The monoisotopic (exact) mass is 236 g/mol. The Morgan fingerprint density at radius 1 is 1.17 bits per heavy atom. The summed E-state index contributed by atoms with van der Waals surface area (Å²) < 4.78 is 36.5. The molecule has 0 unspecified atom stereocenters. The highest BCUT2D eigenvalue weighted by molar-refractivity contribution is 9.11. The number of benzene rings is 1.